The smallest absolute Gasteiger partial charge is 0.319 e. The van der Waals surface area contributed by atoms with Crippen LogP contribution < -0.4 is 10.6 Å². The Hall–Kier alpha value is -1.43. The maximum Gasteiger partial charge on any atom is 0.319 e. The molecule has 0 radical (unpaired) electrons. The molecular formula is C10H13FN2O2S. The summed E-state index contributed by atoms with van der Waals surface area (Å²) in [6, 6.07) is 5.17. The zero-order chi connectivity index (χ0) is 12.0. The molecule has 0 bridgehead atoms. The number of carbonyl (C=O) groups is 1. The predicted molar refractivity (Wildman–Crippen MR) is 62.4 cm³/mol. The third kappa shape index (κ3) is 4.88. The molecular weight excluding hydrogens is 231 g/mol. The molecule has 2 amide bonds. The van der Waals surface area contributed by atoms with Crippen LogP contribution in [0.1, 0.15) is 0 Å². The van der Waals surface area contributed by atoms with Crippen LogP contribution in [0.4, 0.5) is 14.9 Å². The molecule has 2 N–H and O–H groups in total. The van der Waals surface area contributed by atoms with E-state index >= 15 is 0 Å². The number of benzene rings is 1. The van der Waals surface area contributed by atoms with Gasteiger partial charge in [-0.15, -0.1) is 0 Å². The fourth-order valence-electron chi connectivity index (χ4n) is 1.05. The summed E-state index contributed by atoms with van der Waals surface area (Å²) >= 11 is 0. The third-order valence-corrected chi connectivity index (χ3v) is 2.54. The normalized spacial score (nSPS) is 11.9. The molecule has 1 aromatic rings. The van der Waals surface area contributed by atoms with Crippen LogP contribution in [0.25, 0.3) is 0 Å². The zero-order valence-corrected chi connectivity index (χ0v) is 9.64. The molecule has 0 aliphatic rings. The van der Waals surface area contributed by atoms with Gasteiger partial charge in [-0.3, -0.25) is 4.21 Å². The van der Waals surface area contributed by atoms with E-state index in [0.717, 1.165) is 0 Å². The molecule has 0 heterocycles. The summed E-state index contributed by atoms with van der Waals surface area (Å²) in [5.74, 6) is -0.0104. The minimum absolute atomic E-state index is 0.324. The van der Waals surface area contributed by atoms with Crippen LogP contribution in [0.15, 0.2) is 24.3 Å². The highest BCUT2D eigenvalue weighted by Gasteiger charge is 2.01. The number of halogens is 1. The number of hydrogen-bond acceptors (Lipinski definition) is 2. The number of anilines is 1. The predicted octanol–water partition coefficient (Wildman–Crippen LogP) is 1.33. The highest BCUT2D eigenvalue weighted by Crippen LogP contribution is 2.08. The fourth-order valence-corrected chi connectivity index (χ4v) is 1.44. The molecule has 0 saturated heterocycles. The molecule has 1 atom stereocenters. The van der Waals surface area contributed by atoms with Gasteiger partial charge in [-0.2, -0.15) is 0 Å². The maximum atomic E-state index is 12.8. The summed E-state index contributed by atoms with van der Waals surface area (Å²) in [5.41, 5.74) is 0.384. The van der Waals surface area contributed by atoms with Gasteiger partial charge in [-0.25, -0.2) is 9.18 Å². The zero-order valence-electron chi connectivity index (χ0n) is 8.83. The Labute approximate surface area is 95.7 Å². The van der Waals surface area contributed by atoms with Crippen LogP contribution in [0, 0.1) is 5.82 Å². The molecule has 16 heavy (non-hydrogen) atoms. The number of hydrogen-bond donors (Lipinski definition) is 2. The lowest BCUT2D eigenvalue weighted by Gasteiger charge is -2.06. The van der Waals surface area contributed by atoms with Crippen molar-refractivity contribution in [2.45, 2.75) is 0 Å². The van der Waals surface area contributed by atoms with Crippen molar-refractivity contribution in [3.63, 3.8) is 0 Å². The topological polar surface area (TPSA) is 58.2 Å². The van der Waals surface area contributed by atoms with Gasteiger partial charge in [-0.05, 0) is 18.2 Å². The van der Waals surface area contributed by atoms with Gasteiger partial charge in [0.2, 0.25) is 0 Å². The monoisotopic (exact) mass is 244 g/mol. The first kappa shape index (κ1) is 12.6. The second kappa shape index (κ2) is 6.22. The molecule has 0 saturated carbocycles. The van der Waals surface area contributed by atoms with Gasteiger partial charge in [0.1, 0.15) is 5.82 Å². The molecule has 1 aromatic carbocycles. The Bertz CT molecular complexity index is 398. The van der Waals surface area contributed by atoms with Crippen molar-refractivity contribution in [1.82, 2.24) is 5.32 Å². The van der Waals surface area contributed by atoms with Gasteiger partial charge in [0.25, 0.3) is 0 Å². The van der Waals surface area contributed by atoms with Gasteiger partial charge in [-0.1, -0.05) is 6.07 Å². The van der Waals surface area contributed by atoms with E-state index in [9.17, 15) is 13.4 Å². The van der Waals surface area contributed by atoms with Gasteiger partial charge < -0.3 is 10.6 Å². The minimum Gasteiger partial charge on any atom is -0.337 e. The number of nitrogens with one attached hydrogen (secondary N) is 2. The first-order chi connectivity index (χ1) is 7.58. The molecule has 6 heteroatoms. The van der Waals surface area contributed by atoms with Crippen molar-refractivity contribution < 1.29 is 13.4 Å². The number of rotatable bonds is 4. The molecule has 4 nitrogen and oxygen atoms in total. The molecule has 0 fully saturated rings. The van der Waals surface area contributed by atoms with Gasteiger partial charge in [0.15, 0.2) is 0 Å². The minimum atomic E-state index is -0.935. The van der Waals surface area contributed by atoms with Crippen LogP contribution >= 0.6 is 0 Å². The van der Waals surface area contributed by atoms with Crippen LogP contribution in [-0.2, 0) is 10.8 Å². The molecule has 0 aromatic heterocycles. The van der Waals surface area contributed by atoms with Crippen LogP contribution in [0.2, 0.25) is 0 Å². The second-order valence-corrected chi connectivity index (χ2v) is 4.72. The van der Waals surface area contributed by atoms with E-state index in [4.69, 9.17) is 0 Å². The Morgan fingerprint density at radius 2 is 2.25 bits per heavy atom. The van der Waals surface area contributed by atoms with Crippen LogP contribution in [-0.4, -0.2) is 28.8 Å². The van der Waals surface area contributed by atoms with Crippen molar-refractivity contribution in [2.24, 2.45) is 0 Å². The van der Waals surface area contributed by atoms with Gasteiger partial charge >= 0.3 is 6.03 Å². The average Bonchev–Trinajstić information content (AvgIpc) is 2.16. The molecule has 1 rings (SSSR count). The molecule has 0 aliphatic carbocycles. The maximum absolute atomic E-state index is 12.8. The molecule has 88 valence electrons. The van der Waals surface area contributed by atoms with Crippen LogP contribution in [0.3, 0.4) is 0 Å². The number of urea groups is 1. The summed E-state index contributed by atoms with van der Waals surface area (Å²) in [6.45, 7) is 0.324. The quantitative estimate of drug-likeness (QED) is 0.839. The van der Waals surface area contributed by atoms with E-state index in [1.807, 2.05) is 0 Å². The standard InChI is InChI=1S/C10H13FN2O2S/c1-16(15)6-5-12-10(14)13-9-4-2-3-8(11)7-9/h2-4,7H,5-6H2,1H3,(H2,12,13,14)/t16-/m0/s1. The summed E-state index contributed by atoms with van der Waals surface area (Å²) in [5, 5.41) is 4.98. The Morgan fingerprint density at radius 3 is 2.88 bits per heavy atom. The summed E-state index contributed by atoms with van der Waals surface area (Å²) in [6.07, 6.45) is 1.56. The Balaban J connectivity index is 2.37. The van der Waals surface area contributed by atoms with E-state index in [-0.39, 0.29) is 0 Å². The lowest BCUT2D eigenvalue weighted by molar-refractivity contribution is 0.252. The van der Waals surface area contributed by atoms with E-state index in [0.29, 0.717) is 18.0 Å². The second-order valence-electron chi connectivity index (χ2n) is 3.17. The molecule has 0 spiro atoms. The number of carbonyl (C=O) groups excluding carboxylic acids is 1. The lowest BCUT2D eigenvalue weighted by atomic mass is 10.3. The van der Waals surface area contributed by atoms with E-state index in [1.165, 1.54) is 18.2 Å². The van der Waals surface area contributed by atoms with E-state index < -0.39 is 22.6 Å². The first-order valence-electron chi connectivity index (χ1n) is 4.68. The van der Waals surface area contributed by atoms with Gasteiger partial charge in [0, 0.05) is 35.0 Å². The largest absolute Gasteiger partial charge is 0.337 e. The summed E-state index contributed by atoms with van der Waals surface area (Å²) in [7, 11) is -0.935. The molecule has 0 unspecified atom stereocenters. The van der Waals surface area contributed by atoms with Crippen molar-refractivity contribution in [3.05, 3.63) is 30.1 Å². The SMILES string of the molecule is C[S@](=O)CCNC(=O)Nc1cccc(F)c1. The highest BCUT2D eigenvalue weighted by atomic mass is 32.2. The lowest BCUT2D eigenvalue weighted by Crippen LogP contribution is -2.31. The Morgan fingerprint density at radius 1 is 1.50 bits per heavy atom. The highest BCUT2D eigenvalue weighted by molar-refractivity contribution is 7.84. The molecule has 0 aliphatic heterocycles. The van der Waals surface area contributed by atoms with E-state index in [2.05, 4.69) is 10.6 Å². The summed E-state index contributed by atoms with van der Waals surface area (Å²) in [4.78, 5) is 11.3. The van der Waals surface area contributed by atoms with Crippen molar-refractivity contribution >= 4 is 22.5 Å². The number of amides is 2. The van der Waals surface area contributed by atoms with Crippen molar-refractivity contribution in [2.75, 3.05) is 23.9 Å². The summed E-state index contributed by atoms with van der Waals surface area (Å²) < 4.78 is 23.5. The van der Waals surface area contributed by atoms with Crippen LogP contribution in [0.5, 0.6) is 0 Å². The third-order valence-electron chi connectivity index (χ3n) is 1.76. The Kier molecular flexibility index (Phi) is 4.91. The van der Waals surface area contributed by atoms with Crippen molar-refractivity contribution in [3.8, 4) is 0 Å². The van der Waals surface area contributed by atoms with E-state index in [1.54, 1.807) is 12.3 Å². The average molecular weight is 244 g/mol. The van der Waals surface area contributed by atoms with Crippen molar-refractivity contribution in [1.29, 1.82) is 0 Å². The first-order valence-corrected chi connectivity index (χ1v) is 6.41. The van der Waals surface area contributed by atoms with Gasteiger partial charge in [0.05, 0.1) is 0 Å². The fraction of sp³-hybridized carbons (Fsp3) is 0.300.